The molecule has 2 aromatic rings. The Kier molecular flexibility index (Phi) is 3.00. The third-order valence-corrected chi connectivity index (χ3v) is 1.83. The lowest BCUT2D eigenvalue weighted by Crippen LogP contribution is -2.16. The van der Waals surface area contributed by atoms with Crippen molar-refractivity contribution < 1.29 is 9.52 Å². The Morgan fingerprint density at radius 2 is 2.00 bits per heavy atom. The van der Waals surface area contributed by atoms with Crippen LogP contribution in [0.5, 0.6) is 0 Å². The van der Waals surface area contributed by atoms with Gasteiger partial charge in [-0.25, -0.2) is 0 Å². The summed E-state index contributed by atoms with van der Waals surface area (Å²) < 4.78 is 4.87. The van der Waals surface area contributed by atoms with Crippen LogP contribution in [0.15, 0.2) is 58.2 Å². The van der Waals surface area contributed by atoms with Crippen LogP contribution in [0.3, 0.4) is 0 Å². The van der Waals surface area contributed by atoms with Crippen LogP contribution in [0, 0.1) is 6.07 Å². The van der Waals surface area contributed by atoms with Crippen molar-refractivity contribution in [3.63, 3.8) is 0 Å². The molecule has 0 bridgehead atoms. The van der Waals surface area contributed by atoms with Gasteiger partial charge in [0.15, 0.2) is 0 Å². The summed E-state index contributed by atoms with van der Waals surface area (Å²) >= 11 is 0. The molecule has 1 aromatic carbocycles. The zero-order valence-electron chi connectivity index (χ0n) is 8.33. The van der Waals surface area contributed by atoms with Crippen molar-refractivity contribution in [3.8, 4) is 6.07 Å². The van der Waals surface area contributed by atoms with Crippen LogP contribution < -0.4 is 5.11 Å². The van der Waals surface area contributed by atoms with E-state index in [1.54, 1.807) is 6.07 Å². The van der Waals surface area contributed by atoms with E-state index in [0.29, 0.717) is 0 Å². The summed E-state index contributed by atoms with van der Waals surface area (Å²) in [4.78, 5) is 3.56. The van der Waals surface area contributed by atoms with E-state index >= 15 is 0 Å². The van der Waals surface area contributed by atoms with Gasteiger partial charge < -0.3 is 9.52 Å². The van der Waals surface area contributed by atoms with Gasteiger partial charge in [-0.1, -0.05) is 18.2 Å². The van der Waals surface area contributed by atoms with Gasteiger partial charge in [0.25, 0.3) is 0 Å². The normalized spacial score (nSPS) is 10.6. The quantitative estimate of drug-likeness (QED) is 0.410. The molecule has 0 aliphatic carbocycles. The lowest BCUT2D eigenvalue weighted by atomic mass is 10.2. The smallest absolute Gasteiger partial charge is 0.360 e. The number of hydrogen-bond acceptors (Lipinski definition) is 3. The molecule has 0 spiro atoms. The molecule has 4 nitrogen and oxygen atoms in total. The molecule has 0 fully saturated rings. The minimum atomic E-state index is -0.520. The van der Waals surface area contributed by atoms with E-state index in [2.05, 4.69) is 16.1 Å². The maximum Gasteiger partial charge on any atom is 0.360 e. The fourth-order valence-corrected chi connectivity index (χ4v) is 1.09. The zero-order valence-corrected chi connectivity index (χ0v) is 8.33. The summed E-state index contributed by atoms with van der Waals surface area (Å²) in [6, 6.07) is 15.0. The number of furan rings is 1. The fraction of sp³-hybridized carbons (Fsp3) is 0. The minimum absolute atomic E-state index is 0.165. The van der Waals surface area contributed by atoms with Crippen molar-refractivity contribution in [2.24, 2.45) is 5.10 Å². The molecule has 1 aromatic heterocycles. The Hall–Kier alpha value is -2.54. The molecule has 1 heterocycles. The highest BCUT2D eigenvalue weighted by molar-refractivity contribution is 5.87. The Balaban J connectivity index is 2.13. The summed E-state index contributed by atoms with van der Waals surface area (Å²) in [5.41, 5.74) is 0.762. The Morgan fingerprint density at radius 1 is 1.19 bits per heavy atom. The van der Waals surface area contributed by atoms with Gasteiger partial charge in [-0.3, -0.25) is 0 Å². The van der Waals surface area contributed by atoms with Crippen molar-refractivity contribution in [2.75, 3.05) is 0 Å². The third-order valence-electron chi connectivity index (χ3n) is 1.83. The van der Waals surface area contributed by atoms with Gasteiger partial charge in [-0.2, -0.15) is 0 Å². The molecule has 0 radical (unpaired) electrons. The highest BCUT2D eigenvalue weighted by Gasteiger charge is 1.98. The number of hydrogen-bond donors (Lipinski definition) is 0. The maximum absolute atomic E-state index is 11.3. The molecule has 0 atom stereocenters. The van der Waals surface area contributed by atoms with Crippen LogP contribution in [0.25, 0.3) is 4.95 Å². The lowest BCUT2D eigenvalue weighted by Gasteiger charge is -1.96. The summed E-state index contributed by atoms with van der Waals surface area (Å²) in [5.74, 6) is -0.355. The number of rotatable bonds is 1. The van der Waals surface area contributed by atoms with E-state index in [9.17, 15) is 5.11 Å². The van der Waals surface area contributed by atoms with Crippen LogP contribution in [0.1, 0.15) is 11.3 Å². The average molecular weight is 212 g/mol. The van der Waals surface area contributed by atoms with Crippen LogP contribution in [0.4, 0.5) is 0 Å². The predicted octanol–water partition coefficient (Wildman–Crippen LogP) is 1.68. The van der Waals surface area contributed by atoms with Gasteiger partial charge in [-0.05, 0) is 24.3 Å². The van der Waals surface area contributed by atoms with E-state index in [1.807, 2.05) is 30.3 Å². The van der Waals surface area contributed by atoms with Gasteiger partial charge in [0, 0.05) is 0 Å². The van der Waals surface area contributed by atoms with Gasteiger partial charge in [0.05, 0.1) is 6.26 Å². The molecule has 0 saturated heterocycles. The topological polar surface area (TPSA) is 52.9 Å². The molecule has 0 saturated carbocycles. The minimum Gasteiger partial charge on any atom is -0.851 e. The second kappa shape index (κ2) is 4.80. The fourth-order valence-electron chi connectivity index (χ4n) is 1.09. The van der Waals surface area contributed by atoms with Crippen molar-refractivity contribution >= 4 is 5.90 Å². The third kappa shape index (κ3) is 2.49. The molecular formula is C12H8N2O2. The van der Waals surface area contributed by atoms with E-state index < -0.39 is 5.90 Å². The summed E-state index contributed by atoms with van der Waals surface area (Å²) in [7, 11) is 0. The van der Waals surface area contributed by atoms with Gasteiger partial charge in [0.2, 0.25) is 0 Å². The lowest BCUT2D eigenvalue weighted by molar-refractivity contribution is -0.214. The maximum atomic E-state index is 11.3. The number of nitrogens with zero attached hydrogens (tertiary/aromatic N) is 2. The van der Waals surface area contributed by atoms with E-state index in [4.69, 9.17) is 4.42 Å². The molecule has 0 aliphatic heterocycles. The highest BCUT2D eigenvalue weighted by atomic mass is 16.4. The van der Waals surface area contributed by atoms with Gasteiger partial charge >= 0.3 is 6.07 Å². The molecule has 16 heavy (non-hydrogen) atoms. The Morgan fingerprint density at radius 3 is 2.69 bits per heavy atom. The van der Waals surface area contributed by atoms with Crippen LogP contribution in [0.2, 0.25) is 0 Å². The van der Waals surface area contributed by atoms with E-state index in [-0.39, 0.29) is 5.76 Å². The first-order chi connectivity index (χ1) is 7.86. The average Bonchev–Trinajstić information content (AvgIpc) is 2.84. The molecule has 0 amide bonds. The van der Waals surface area contributed by atoms with Crippen LogP contribution >= 0.6 is 0 Å². The molecule has 2 rings (SSSR count). The zero-order chi connectivity index (χ0) is 11.2. The number of benzene rings is 1. The monoisotopic (exact) mass is 212 g/mol. The first kappa shape index (κ1) is 9.99. The molecule has 0 N–H and O–H groups in total. The predicted molar refractivity (Wildman–Crippen MR) is 58.0 cm³/mol. The molecule has 78 valence electrons. The van der Waals surface area contributed by atoms with Crippen molar-refractivity contribution in [1.29, 1.82) is 0 Å². The van der Waals surface area contributed by atoms with E-state index in [0.717, 1.165) is 5.56 Å². The standard InChI is InChI=1S/C12H8N2O2/c15-12(11-7-4-8-16-11)14-13-9-10-5-2-1-3-6-10/h1-8H. The molecule has 4 heteroatoms. The van der Waals surface area contributed by atoms with Crippen molar-refractivity contribution in [1.82, 2.24) is 0 Å². The highest BCUT2D eigenvalue weighted by Crippen LogP contribution is 1.99. The van der Waals surface area contributed by atoms with E-state index in [1.165, 1.54) is 12.3 Å². The Labute approximate surface area is 92.3 Å². The van der Waals surface area contributed by atoms with Gasteiger partial charge in [0.1, 0.15) is 27.3 Å². The molecule has 0 aliphatic rings. The SMILES string of the molecule is [O-]/C(=N\[N+]#Cc1ccccc1)c1ccco1. The first-order valence-corrected chi connectivity index (χ1v) is 4.66. The molecular weight excluding hydrogens is 204 g/mol. The second-order valence-corrected chi connectivity index (χ2v) is 2.96. The molecule has 0 unspecified atom stereocenters. The summed E-state index contributed by atoms with van der Waals surface area (Å²) in [6.45, 7) is 0. The largest absolute Gasteiger partial charge is 0.851 e. The van der Waals surface area contributed by atoms with Crippen molar-refractivity contribution in [3.05, 3.63) is 65.0 Å². The second-order valence-electron chi connectivity index (χ2n) is 2.96. The summed E-state index contributed by atoms with van der Waals surface area (Å²) in [6.07, 6.45) is 1.41. The first-order valence-electron chi connectivity index (χ1n) is 4.66. The van der Waals surface area contributed by atoms with Crippen LogP contribution in [-0.4, -0.2) is 5.90 Å². The Bertz CT molecular complexity index is 533. The van der Waals surface area contributed by atoms with Gasteiger partial charge in [-0.15, -0.1) is 0 Å². The van der Waals surface area contributed by atoms with Crippen LogP contribution in [-0.2, 0) is 0 Å². The summed E-state index contributed by atoms with van der Waals surface area (Å²) in [5, 5.41) is 14.7. The van der Waals surface area contributed by atoms with Crippen molar-refractivity contribution in [2.45, 2.75) is 0 Å².